The minimum absolute atomic E-state index is 0.415. The molecule has 2 aromatic heterocycles. The van der Waals surface area contributed by atoms with Crippen molar-refractivity contribution in [2.24, 2.45) is 5.92 Å². The number of benzene rings is 3. The summed E-state index contributed by atoms with van der Waals surface area (Å²) in [5.41, 5.74) is 7.44. The Morgan fingerprint density at radius 1 is 0.757 bits per heavy atom. The number of aromatic nitrogens is 1. The molecule has 1 N–H and O–H groups in total. The van der Waals surface area contributed by atoms with Crippen LogP contribution in [0.5, 0.6) is 0 Å². The number of fused-ring (bicyclic) bond motifs is 5. The summed E-state index contributed by atoms with van der Waals surface area (Å²) < 4.78 is 6.28. The number of allylic oxidation sites excluding steroid dienone is 4. The maximum Gasteiger partial charge on any atom is 0.136 e. The normalized spacial score (nSPS) is 19.2. The molecule has 1 aliphatic heterocycles. The molecule has 2 unspecified atom stereocenters. The Labute approximate surface area is 215 Å². The fourth-order valence-corrected chi connectivity index (χ4v) is 5.27. The first-order chi connectivity index (χ1) is 18.3. The van der Waals surface area contributed by atoms with Crippen molar-refractivity contribution in [3.8, 4) is 0 Å². The molecule has 1 aliphatic carbocycles. The third kappa shape index (κ3) is 4.30. The summed E-state index contributed by atoms with van der Waals surface area (Å²) in [6.07, 6.45) is 22.5. The van der Waals surface area contributed by atoms with E-state index in [1.807, 2.05) is 24.4 Å². The minimum atomic E-state index is 0.415. The van der Waals surface area contributed by atoms with E-state index >= 15 is 0 Å². The highest BCUT2D eigenvalue weighted by atomic mass is 16.3. The Morgan fingerprint density at radius 3 is 2.32 bits per heavy atom. The van der Waals surface area contributed by atoms with Gasteiger partial charge in [-0.05, 0) is 65.1 Å². The van der Waals surface area contributed by atoms with Crippen LogP contribution in [0.2, 0.25) is 0 Å². The average molecular weight is 479 g/mol. The van der Waals surface area contributed by atoms with Gasteiger partial charge in [0.1, 0.15) is 11.2 Å². The molecular weight excluding hydrogens is 452 g/mol. The van der Waals surface area contributed by atoms with Crippen molar-refractivity contribution in [2.75, 3.05) is 0 Å². The first-order valence-corrected chi connectivity index (χ1v) is 12.8. The van der Waals surface area contributed by atoms with Crippen LogP contribution in [0.3, 0.4) is 0 Å². The van der Waals surface area contributed by atoms with E-state index in [9.17, 15) is 0 Å². The smallest absolute Gasteiger partial charge is 0.136 e. The molecule has 5 aromatic rings. The number of hydrogen-bond acceptors (Lipinski definition) is 3. The van der Waals surface area contributed by atoms with Crippen molar-refractivity contribution in [3.05, 3.63) is 132 Å². The third-order valence-corrected chi connectivity index (χ3v) is 7.27. The molecule has 0 saturated carbocycles. The Hall–Kier alpha value is -4.63. The van der Waals surface area contributed by atoms with Gasteiger partial charge in [0, 0.05) is 34.5 Å². The fourth-order valence-electron chi connectivity index (χ4n) is 5.27. The van der Waals surface area contributed by atoms with Crippen molar-refractivity contribution in [2.45, 2.75) is 12.5 Å². The molecule has 0 radical (unpaired) electrons. The van der Waals surface area contributed by atoms with Crippen LogP contribution in [0.4, 0.5) is 0 Å². The van der Waals surface area contributed by atoms with Gasteiger partial charge >= 0.3 is 0 Å². The van der Waals surface area contributed by atoms with Crippen molar-refractivity contribution in [1.82, 2.24) is 10.3 Å². The highest BCUT2D eigenvalue weighted by Gasteiger charge is 2.21. The zero-order chi connectivity index (χ0) is 24.6. The molecule has 0 fully saturated rings. The first-order valence-electron chi connectivity index (χ1n) is 12.8. The lowest BCUT2D eigenvalue weighted by molar-refractivity contribution is 0.489. The first kappa shape index (κ1) is 21.6. The zero-order valence-electron chi connectivity index (χ0n) is 20.3. The molecule has 0 spiro atoms. The van der Waals surface area contributed by atoms with Gasteiger partial charge in [-0.2, -0.15) is 0 Å². The van der Waals surface area contributed by atoms with Gasteiger partial charge in [-0.3, -0.25) is 4.98 Å². The lowest BCUT2D eigenvalue weighted by Crippen LogP contribution is -2.34. The largest absolute Gasteiger partial charge is 0.456 e. The van der Waals surface area contributed by atoms with Crippen molar-refractivity contribution < 1.29 is 4.42 Å². The van der Waals surface area contributed by atoms with E-state index in [2.05, 4.69) is 114 Å². The lowest BCUT2D eigenvalue weighted by atomic mass is 9.86. The number of nitrogens with one attached hydrogen (secondary N) is 1. The summed E-state index contributed by atoms with van der Waals surface area (Å²) in [6.45, 7) is 0. The Bertz CT molecular complexity index is 1800. The van der Waals surface area contributed by atoms with Crippen molar-refractivity contribution >= 4 is 51.1 Å². The summed E-state index contributed by atoms with van der Waals surface area (Å²) >= 11 is 0. The number of rotatable bonds is 4. The van der Waals surface area contributed by atoms with E-state index in [0.29, 0.717) is 12.0 Å². The molecule has 3 heterocycles. The second-order valence-electron chi connectivity index (χ2n) is 9.79. The standard InChI is InChI=1S/C34H26N2O/c1-3-7-31-27(5-1)17-25(21-35-31)11-9-23-13-15-29-30-16-14-24(20-34(30)37-33(29)19-23)10-12-26-18-28-6-2-4-8-32(28)36-22-26/h1-17,19-22,28,32,36H,18H2/b11-9+,12-10+. The van der Waals surface area contributed by atoms with E-state index in [1.165, 1.54) is 5.57 Å². The van der Waals surface area contributed by atoms with Crippen LogP contribution in [0.15, 0.2) is 119 Å². The van der Waals surface area contributed by atoms with Crippen molar-refractivity contribution in [3.63, 3.8) is 0 Å². The van der Waals surface area contributed by atoms with E-state index in [4.69, 9.17) is 4.42 Å². The second kappa shape index (κ2) is 9.11. The van der Waals surface area contributed by atoms with Crippen LogP contribution in [0.25, 0.3) is 51.1 Å². The van der Waals surface area contributed by atoms with Gasteiger partial charge in [0.25, 0.3) is 0 Å². The zero-order valence-corrected chi connectivity index (χ0v) is 20.3. The predicted molar refractivity (Wildman–Crippen MR) is 155 cm³/mol. The highest BCUT2D eigenvalue weighted by Crippen LogP contribution is 2.31. The molecule has 0 amide bonds. The summed E-state index contributed by atoms with van der Waals surface area (Å²) in [5, 5.41) is 6.93. The quantitative estimate of drug-likeness (QED) is 0.282. The summed E-state index contributed by atoms with van der Waals surface area (Å²) in [5.74, 6) is 0.522. The van der Waals surface area contributed by atoms with Gasteiger partial charge in [-0.1, -0.05) is 78.9 Å². The van der Waals surface area contributed by atoms with Gasteiger partial charge in [0.05, 0.1) is 11.6 Å². The van der Waals surface area contributed by atoms with E-state index in [1.54, 1.807) is 0 Å². The monoisotopic (exact) mass is 478 g/mol. The molecule has 3 heteroatoms. The molecule has 37 heavy (non-hydrogen) atoms. The molecule has 3 aromatic carbocycles. The second-order valence-corrected chi connectivity index (χ2v) is 9.79. The van der Waals surface area contributed by atoms with Crippen LogP contribution in [0.1, 0.15) is 23.1 Å². The molecule has 2 aliphatic rings. The minimum Gasteiger partial charge on any atom is -0.456 e. The number of pyridine rings is 1. The predicted octanol–water partition coefficient (Wildman–Crippen LogP) is 8.31. The van der Waals surface area contributed by atoms with Crippen LogP contribution >= 0.6 is 0 Å². The molecule has 3 nitrogen and oxygen atoms in total. The van der Waals surface area contributed by atoms with Gasteiger partial charge in [-0.15, -0.1) is 0 Å². The summed E-state index contributed by atoms with van der Waals surface area (Å²) in [6, 6.07) is 23.6. The van der Waals surface area contributed by atoms with E-state index in [0.717, 1.165) is 56.0 Å². The van der Waals surface area contributed by atoms with Gasteiger partial charge in [0.15, 0.2) is 0 Å². The lowest BCUT2D eigenvalue weighted by Gasteiger charge is -2.29. The number of nitrogens with zero attached hydrogens (tertiary/aromatic N) is 1. The molecule has 178 valence electrons. The maximum absolute atomic E-state index is 6.28. The Balaban J connectivity index is 1.13. The number of hydrogen-bond donors (Lipinski definition) is 1. The van der Waals surface area contributed by atoms with Gasteiger partial charge in [-0.25, -0.2) is 0 Å². The van der Waals surface area contributed by atoms with E-state index in [-0.39, 0.29) is 0 Å². The van der Waals surface area contributed by atoms with Crippen molar-refractivity contribution in [1.29, 1.82) is 0 Å². The average Bonchev–Trinajstić information content (AvgIpc) is 3.31. The fraction of sp³-hybridized carbons (Fsp3) is 0.0882. The molecular formula is C34H26N2O. The van der Waals surface area contributed by atoms with Crippen LogP contribution < -0.4 is 5.32 Å². The third-order valence-electron chi connectivity index (χ3n) is 7.27. The number of furan rings is 1. The Morgan fingerprint density at radius 2 is 1.49 bits per heavy atom. The summed E-state index contributed by atoms with van der Waals surface area (Å²) in [4.78, 5) is 4.56. The van der Waals surface area contributed by atoms with Crippen LogP contribution in [-0.4, -0.2) is 11.0 Å². The molecule has 7 rings (SSSR count). The SMILES string of the molecule is C1=CC2CC(/C=C/c3ccc4c(c3)oc3cc(/C=C/c5cnc6ccccc6c5)ccc34)=CNC2C=C1. The molecule has 0 bridgehead atoms. The molecule has 2 atom stereocenters. The maximum atomic E-state index is 6.28. The summed E-state index contributed by atoms with van der Waals surface area (Å²) in [7, 11) is 0. The van der Waals surface area contributed by atoms with Crippen LogP contribution in [-0.2, 0) is 0 Å². The Kier molecular flexibility index (Phi) is 5.32. The van der Waals surface area contributed by atoms with E-state index < -0.39 is 0 Å². The number of para-hydroxylation sites is 1. The van der Waals surface area contributed by atoms with Crippen LogP contribution in [0, 0.1) is 5.92 Å². The van der Waals surface area contributed by atoms with Gasteiger partial charge in [0.2, 0.25) is 0 Å². The topological polar surface area (TPSA) is 38.1 Å². The van der Waals surface area contributed by atoms with Gasteiger partial charge < -0.3 is 9.73 Å². The molecule has 0 saturated heterocycles. The highest BCUT2D eigenvalue weighted by molar-refractivity contribution is 6.06.